The Hall–Kier alpha value is -1.44. The molecule has 2 aromatic rings. The van der Waals surface area contributed by atoms with Gasteiger partial charge < -0.3 is 0 Å². The van der Waals surface area contributed by atoms with Crippen molar-refractivity contribution in [3.63, 3.8) is 0 Å². The van der Waals surface area contributed by atoms with E-state index in [1.54, 1.807) is 16.4 Å². The second-order valence-electron chi connectivity index (χ2n) is 7.17. The summed E-state index contributed by atoms with van der Waals surface area (Å²) in [6.07, 6.45) is 2.01. The van der Waals surface area contributed by atoms with Gasteiger partial charge in [-0.25, -0.2) is 8.42 Å². The van der Waals surface area contributed by atoms with Crippen LogP contribution in [0.1, 0.15) is 29.2 Å². The van der Waals surface area contributed by atoms with Gasteiger partial charge >= 0.3 is 0 Å². The number of hydrogen-bond acceptors (Lipinski definition) is 2. The molecule has 0 fully saturated rings. The molecule has 0 N–H and O–H groups in total. The van der Waals surface area contributed by atoms with Gasteiger partial charge in [0.25, 0.3) is 0 Å². The summed E-state index contributed by atoms with van der Waals surface area (Å²) in [7, 11) is -3.52. The quantitative estimate of drug-likeness (QED) is 0.537. The summed E-state index contributed by atoms with van der Waals surface area (Å²) in [5.41, 5.74) is 6.83. The molecule has 0 saturated carbocycles. The fraction of sp³-hybridized carbons (Fsp3) is 0.273. The highest BCUT2D eigenvalue weighted by atomic mass is 127. The Kier molecular flexibility index (Phi) is 5.93. The van der Waals surface area contributed by atoms with Gasteiger partial charge in [-0.15, -0.1) is 0 Å². The molecule has 2 aromatic carbocycles. The van der Waals surface area contributed by atoms with Gasteiger partial charge in [-0.1, -0.05) is 53.1 Å². The summed E-state index contributed by atoms with van der Waals surface area (Å²) in [6.45, 7) is 8.99. The van der Waals surface area contributed by atoms with Crippen LogP contribution in [-0.4, -0.2) is 25.8 Å². The second-order valence-corrected chi connectivity index (χ2v) is 10.2. The van der Waals surface area contributed by atoms with E-state index in [4.69, 9.17) is 0 Å². The van der Waals surface area contributed by atoms with Crippen molar-refractivity contribution in [2.24, 2.45) is 0 Å². The second kappa shape index (κ2) is 7.89. The van der Waals surface area contributed by atoms with E-state index in [1.807, 2.05) is 25.1 Å². The lowest BCUT2D eigenvalue weighted by Crippen LogP contribution is -2.36. The van der Waals surface area contributed by atoms with Gasteiger partial charge in [0.2, 0.25) is 10.0 Å². The minimum atomic E-state index is -3.52. The SMILES string of the molecule is CC1=CCN(S(=O)(=O)c2ccc(C)cc2)C/C1=C(\I)c1cc(C)cc(C)c1. The van der Waals surface area contributed by atoms with Crippen molar-refractivity contribution >= 4 is 36.2 Å². The van der Waals surface area contributed by atoms with E-state index >= 15 is 0 Å². The zero-order valence-electron chi connectivity index (χ0n) is 16.1. The molecular weight excluding hydrogens is 469 g/mol. The van der Waals surface area contributed by atoms with Gasteiger partial charge in [-0.2, -0.15) is 4.31 Å². The molecule has 1 heterocycles. The van der Waals surface area contributed by atoms with E-state index in [0.717, 1.165) is 25.9 Å². The number of hydrogen-bond donors (Lipinski definition) is 0. The van der Waals surface area contributed by atoms with Crippen LogP contribution in [0.15, 0.2) is 64.6 Å². The first-order chi connectivity index (χ1) is 12.7. The summed E-state index contributed by atoms with van der Waals surface area (Å²) in [4.78, 5) is 0.349. The van der Waals surface area contributed by atoms with Crippen molar-refractivity contribution < 1.29 is 8.42 Å². The van der Waals surface area contributed by atoms with E-state index in [0.29, 0.717) is 18.0 Å². The predicted octanol–water partition coefficient (Wildman–Crippen LogP) is 5.41. The van der Waals surface area contributed by atoms with Crippen molar-refractivity contribution in [1.82, 2.24) is 4.31 Å². The minimum absolute atomic E-state index is 0.349. The standard InChI is InChI=1S/C22H24INO2S/c1-15-5-7-20(8-6-15)27(25,26)24-10-9-18(4)21(14-24)22(23)19-12-16(2)11-17(3)13-19/h5-9,11-13H,10,14H2,1-4H3/b22-21+. The minimum Gasteiger partial charge on any atom is -0.207 e. The molecular formula is C22H24INO2S. The van der Waals surface area contributed by atoms with Crippen molar-refractivity contribution in [3.8, 4) is 0 Å². The third kappa shape index (κ3) is 4.36. The lowest BCUT2D eigenvalue weighted by atomic mass is 9.99. The molecule has 3 nitrogen and oxygen atoms in total. The first-order valence-electron chi connectivity index (χ1n) is 8.90. The van der Waals surface area contributed by atoms with E-state index < -0.39 is 10.0 Å². The van der Waals surface area contributed by atoms with E-state index in [9.17, 15) is 8.42 Å². The van der Waals surface area contributed by atoms with Gasteiger partial charge in [0.05, 0.1) is 4.90 Å². The first kappa shape index (κ1) is 20.3. The number of benzene rings is 2. The Morgan fingerprint density at radius 1 is 0.926 bits per heavy atom. The fourth-order valence-corrected chi connectivity index (χ4v) is 5.54. The van der Waals surface area contributed by atoms with E-state index in [-0.39, 0.29) is 0 Å². The molecule has 1 aliphatic heterocycles. The average Bonchev–Trinajstić information content (AvgIpc) is 2.61. The molecule has 0 spiro atoms. The molecule has 0 bridgehead atoms. The molecule has 3 rings (SSSR count). The Bertz CT molecular complexity index is 1010. The lowest BCUT2D eigenvalue weighted by molar-refractivity contribution is 0.460. The topological polar surface area (TPSA) is 37.4 Å². The van der Waals surface area contributed by atoms with Crippen molar-refractivity contribution in [1.29, 1.82) is 0 Å². The number of sulfonamides is 1. The number of halogens is 1. The molecule has 0 aliphatic carbocycles. The lowest BCUT2D eigenvalue weighted by Gasteiger charge is -2.28. The molecule has 0 atom stereocenters. The predicted molar refractivity (Wildman–Crippen MR) is 121 cm³/mol. The summed E-state index contributed by atoms with van der Waals surface area (Å²) in [6, 6.07) is 13.5. The third-order valence-electron chi connectivity index (χ3n) is 4.81. The fourth-order valence-electron chi connectivity index (χ4n) is 3.29. The normalized spacial score (nSPS) is 17.6. The molecule has 0 amide bonds. The molecule has 0 radical (unpaired) electrons. The third-order valence-corrected chi connectivity index (χ3v) is 7.91. The van der Waals surface area contributed by atoms with E-state index in [1.165, 1.54) is 11.1 Å². The van der Waals surface area contributed by atoms with Gasteiger partial charge in [0, 0.05) is 16.7 Å². The monoisotopic (exact) mass is 493 g/mol. The maximum atomic E-state index is 13.1. The summed E-state index contributed by atoms with van der Waals surface area (Å²) in [5, 5.41) is 0. The summed E-state index contributed by atoms with van der Waals surface area (Å²) >= 11 is 2.35. The van der Waals surface area contributed by atoms with Crippen LogP contribution < -0.4 is 0 Å². The number of aryl methyl sites for hydroxylation is 3. The summed E-state index contributed by atoms with van der Waals surface area (Å²) < 4.78 is 28.8. The van der Waals surface area contributed by atoms with Crippen LogP contribution in [0.25, 0.3) is 3.58 Å². The maximum absolute atomic E-state index is 13.1. The first-order valence-corrected chi connectivity index (χ1v) is 11.4. The van der Waals surface area contributed by atoms with Crippen LogP contribution in [0.4, 0.5) is 0 Å². The van der Waals surface area contributed by atoms with Crippen LogP contribution in [0.5, 0.6) is 0 Å². The van der Waals surface area contributed by atoms with Crippen molar-refractivity contribution in [2.75, 3.05) is 13.1 Å². The molecule has 0 unspecified atom stereocenters. The van der Waals surface area contributed by atoms with Crippen LogP contribution in [-0.2, 0) is 10.0 Å². The van der Waals surface area contributed by atoms with Gasteiger partial charge in [-0.05, 0) is 79.1 Å². The highest BCUT2D eigenvalue weighted by Crippen LogP contribution is 2.34. The van der Waals surface area contributed by atoms with Crippen LogP contribution in [0, 0.1) is 20.8 Å². The maximum Gasteiger partial charge on any atom is 0.243 e. The molecule has 142 valence electrons. The number of rotatable bonds is 3. The molecule has 1 aliphatic rings. The zero-order valence-corrected chi connectivity index (χ0v) is 19.1. The largest absolute Gasteiger partial charge is 0.243 e. The Morgan fingerprint density at radius 2 is 1.52 bits per heavy atom. The zero-order chi connectivity index (χ0) is 19.8. The summed E-state index contributed by atoms with van der Waals surface area (Å²) in [5.74, 6) is 0. The Morgan fingerprint density at radius 3 is 2.11 bits per heavy atom. The van der Waals surface area contributed by atoms with Crippen molar-refractivity contribution in [2.45, 2.75) is 32.6 Å². The Balaban J connectivity index is 2.00. The Labute approximate surface area is 176 Å². The molecule has 27 heavy (non-hydrogen) atoms. The highest BCUT2D eigenvalue weighted by molar-refractivity contribution is 14.1. The average molecular weight is 493 g/mol. The molecule has 0 aromatic heterocycles. The number of nitrogens with zero attached hydrogens (tertiary/aromatic N) is 1. The molecule has 0 saturated heterocycles. The van der Waals surface area contributed by atoms with Crippen LogP contribution in [0.2, 0.25) is 0 Å². The van der Waals surface area contributed by atoms with Gasteiger partial charge in [-0.3, -0.25) is 0 Å². The van der Waals surface area contributed by atoms with Crippen LogP contribution in [0.3, 0.4) is 0 Å². The highest BCUT2D eigenvalue weighted by Gasteiger charge is 2.28. The van der Waals surface area contributed by atoms with Gasteiger partial charge in [0.15, 0.2) is 0 Å². The van der Waals surface area contributed by atoms with Crippen LogP contribution >= 0.6 is 22.6 Å². The van der Waals surface area contributed by atoms with Gasteiger partial charge in [0.1, 0.15) is 0 Å². The molecule has 5 heteroatoms. The van der Waals surface area contributed by atoms with Crippen molar-refractivity contribution in [3.05, 3.63) is 81.9 Å². The van der Waals surface area contributed by atoms with E-state index in [2.05, 4.69) is 61.6 Å². The smallest absolute Gasteiger partial charge is 0.207 e.